The summed E-state index contributed by atoms with van der Waals surface area (Å²) < 4.78 is 5.07. The number of ether oxygens (including phenoxy) is 1. The van der Waals surface area contributed by atoms with Gasteiger partial charge in [0.1, 0.15) is 5.76 Å². The van der Waals surface area contributed by atoms with Crippen LogP contribution in [-0.2, 0) is 14.3 Å². The Balaban J connectivity index is 2.28. The highest BCUT2D eigenvalue weighted by Crippen LogP contribution is 2.27. The standard InChI is InChI=1S/C14H16N2O4/c1-3-16(4-2)15-10-6-5-9-7-11(13(17)18)14(19)20-12(9)8-10/h5-8,11H,3-4H2,1-2H3,(H,17,18)/b15-10+. The fraction of sp³-hybridized carbons (Fsp3) is 0.357. The zero-order valence-electron chi connectivity index (χ0n) is 11.4. The maximum Gasteiger partial charge on any atom is 0.329 e. The average Bonchev–Trinajstić information content (AvgIpc) is 2.43. The van der Waals surface area contributed by atoms with Crippen molar-refractivity contribution in [1.82, 2.24) is 5.01 Å². The van der Waals surface area contributed by atoms with Crippen molar-refractivity contribution in [1.29, 1.82) is 0 Å². The summed E-state index contributed by atoms with van der Waals surface area (Å²) in [6, 6.07) is 0. The molecule has 0 fully saturated rings. The number of carbonyl (C=O) groups is 2. The van der Waals surface area contributed by atoms with Crippen LogP contribution in [-0.4, -0.2) is 40.9 Å². The van der Waals surface area contributed by atoms with Gasteiger partial charge in [-0.15, -0.1) is 0 Å². The Morgan fingerprint density at radius 1 is 1.40 bits per heavy atom. The highest BCUT2D eigenvalue weighted by atomic mass is 16.5. The zero-order chi connectivity index (χ0) is 14.7. The van der Waals surface area contributed by atoms with Gasteiger partial charge in [-0.05, 0) is 32.1 Å². The van der Waals surface area contributed by atoms with Crippen LogP contribution in [0.4, 0.5) is 0 Å². The fourth-order valence-corrected chi connectivity index (χ4v) is 1.93. The van der Waals surface area contributed by atoms with E-state index in [2.05, 4.69) is 5.10 Å². The molecule has 1 aliphatic heterocycles. The minimum absolute atomic E-state index is 0.348. The molecule has 0 saturated heterocycles. The van der Waals surface area contributed by atoms with E-state index in [1.54, 1.807) is 18.2 Å². The van der Waals surface area contributed by atoms with E-state index >= 15 is 0 Å². The molecule has 0 bridgehead atoms. The summed E-state index contributed by atoms with van der Waals surface area (Å²) in [7, 11) is 0. The topological polar surface area (TPSA) is 79.2 Å². The van der Waals surface area contributed by atoms with Crippen molar-refractivity contribution in [2.75, 3.05) is 13.1 Å². The molecule has 0 aromatic carbocycles. The molecule has 2 rings (SSSR count). The summed E-state index contributed by atoms with van der Waals surface area (Å²) >= 11 is 0. The monoisotopic (exact) mass is 276 g/mol. The van der Waals surface area contributed by atoms with Gasteiger partial charge < -0.3 is 9.84 Å². The van der Waals surface area contributed by atoms with Crippen LogP contribution in [0.1, 0.15) is 13.8 Å². The maximum atomic E-state index is 11.6. The van der Waals surface area contributed by atoms with Gasteiger partial charge in [0, 0.05) is 24.7 Å². The van der Waals surface area contributed by atoms with Crippen molar-refractivity contribution in [2.24, 2.45) is 11.0 Å². The third-order valence-corrected chi connectivity index (χ3v) is 3.06. The van der Waals surface area contributed by atoms with Crippen LogP contribution >= 0.6 is 0 Å². The average molecular weight is 276 g/mol. The second-order valence-corrected chi connectivity index (χ2v) is 4.36. The van der Waals surface area contributed by atoms with Gasteiger partial charge in [0.05, 0.1) is 5.71 Å². The number of allylic oxidation sites excluding steroid dienone is 3. The number of carboxylic acid groups (broad SMARTS) is 1. The third kappa shape index (κ3) is 2.79. The molecule has 0 radical (unpaired) electrons. The lowest BCUT2D eigenvalue weighted by Crippen LogP contribution is -2.29. The summed E-state index contributed by atoms with van der Waals surface area (Å²) in [4.78, 5) is 22.5. The molecular formula is C14H16N2O4. The van der Waals surface area contributed by atoms with Gasteiger partial charge in [0.2, 0.25) is 0 Å². The summed E-state index contributed by atoms with van der Waals surface area (Å²) in [6.45, 7) is 5.55. The van der Waals surface area contributed by atoms with E-state index in [4.69, 9.17) is 9.84 Å². The first-order valence-electron chi connectivity index (χ1n) is 6.45. The summed E-state index contributed by atoms with van der Waals surface area (Å²) in [6.07, 6.45) is 6.51. The second-order valence-electron chi connectivity index (χ2n) is 4.36. The smallest absolute Gasteiger partial charge is 0.329 e. The lowest BCUT2D eigenvalue weighted by molar-refractivity contribution is -0.153. The number of rotatable bonds is 4. The molecule has 0 aromatic heterocycles. The molecule has 0 spiro atoms. The Morgan fingerprint density at radius 2 is 2.10 bits per heavy atom. The van der Waals surface area contributed by atoms with E-state index in [1.807, 2.05) is 18.9 Å². The summed E-state index contributed by atoms with van der Waals surface area (Å²) in [5.41, 5.74) is 1.26. The molecule has 1 unspecified atom stereocenters. The predicted octanol–water partition coefficient (Wildman–Crippen LogP) is 1.32. The molecular weight excluding hydrogens is 260 g/mol. The molecule has 2 aliphatic rings. The highest BCUT2D eigenvalue weighted by molar-refractivity contribution is 6.07. The molecule has 6 heteroatoms. The molecule has 106 valence electrons. The van der Waals surface area contributed by atoms with Gasteiger partial charge in [-0.3, -0.25) is 14.6 Å². The van der Waals surface area contributed by atoms with Crippen molar-refractivity contribution < 1.29 is 19.4 Å². The van der Waals surface area contributed by atoms with E-state index < -0.39 is 17.9 Å². The van der Waals surface area contributed by atoms with Crippen LogP contribution in [0.3, 0.4) is 0 Å². The normalized spacial score (nSPS) is 22.8. The van der Waals surface area contributed by atoms with Crippen LogP contribution in [0, 0.1) is 5.92 Å². The summed E-state index contributed by atoms with van der Waals surface area (Å²) in [5.74, 6) is -2.88. The van der Waals surface area contributed by atoms with Crippen LogP contribution in [0.5, 0.6) is 0 Å². The van der Waals surface area contributed by atoms with Gasteiger partial charge in [-0.1, -0.05) is 0 Å². The van der Waals surface area contributed by atoms with Crippen molar-refractivity contribution >= 4 is 17.7 Å². The molecule has 1 atom stereocenters. The summed E-state index contributed by atoms with van der Waals surface area (Å²) in [5, 5.41) is 15.2. The molecule has 1 heterocycles. The van der Waals surface area contributed by atoms with E-state index in [9.17, 15) is 9.59 Å². The molecule has 20 heavy (non-hydrogen) atoms. The minimum Gasteiger partial charge on any atom is -0.480 e. The molecule has 6 nitrogen and oxygen atoms in total. The number of fused-ring (bicyclic) bond motifs is 1. The van der Waals surface area contributed by atoms with Gasteiger partial charge in [-0.2, -0.15) is 5.10 Å². The second kappa shape index (κ2) is 5.73. The van der Waals surface area contributed by atoms with Crippen molar-refractivity contribution in [3.8, 4) is 0 Å². The van der Waals surface area contributed by atoms with Gasteiger partial charge in [-0.25, -0.2) is 0 Å². The number of nitrogens with zero attached hydrogens (tertiary/aromatic N) is 2. The third-order valence-electron chi connectivity index (χ3n) is 3.06. The molecule has 0 saturated carbocycles. The van der Waals surface area contributed by atoms with Crippen LogP contribution in [0.15, 0.2) is 40.7 Å². The molecule has 1 N–H and O–H groups in total. The van der Waals surface area contributed by atoms with E-state index in [1.165, 1.54) is 6.08 Å². The van der Waals surface area contributed by atoms with E-state index in [0.717, 1.165) is 13.1 Å². The van der Waals surface area contributed by atoms with Crippen molar-refractivity contribution in [3.05, 3.63) is 35.6 Å². The fourth-order valence-electron chi connectivity index (χ4n) is 1.93. The Hall–Kier alpha value is -2.37. The van der Waals surface area contributed by atoms with Crippen molar-refractivity contribution in [3.63, 3.8) is 0 Å². The first kappa shape index (κ1) is 14.0. The lowest BCUT2D eigenvalue weighted by Gasteiger charge is -2.22. The SMILES string of the molecule is CCN(CC)/N=C1\C=CC2=CC(C(=O)O)C(=O)OC2=C1. The predicted molar refractivity (Wildman–Crippen MR) is 72.9 cm³/mol. The Kier molecular flexibility index (Phi) is 4.02. The number of hydrazone groups is 1. The Bertz CT molecular complexity index is 554. The number of carbonyl (C=O) groups excluding carboxylic acids is 1. The highest BCUT2D eigenvalue weighted by Gasteiger charge is 2.33. The maximum absolute atomic E-state index is 11.6. The van der Waals surface area contributed by atoms with Gasteiger partial charge >= 0.3 is 11.9 Å². The Morgan fingerprint density at radius 3 is 2.70 bits per heavy atom. The first-order valence-corrected chi connectivity index (χ1v) is 6.45. The van der Waals surface area contributed by atoms with Gasteiger partial charge in [0.25, 0.3) is 0 Å². The van der Waals surface area contributed by atoms with E-state index in [-0.39, 0.29) is 0 Å². The van der Waals surface area contributed by atoms with Crippen LogP contribution < -0.4 is 0 Å². The Labute approximate surface area is 116 Å². The number of hydrogen-bond donors (Lipinski definition) is 1. The quantitative estimate of drug-likeness (QED) is 0.476. The zero-order valence-corrected chi connectivity index (χ0v) is 11.4. The molecule has 0 aromatic rings. The number of aliphatic carboxylic acids is 1. The van der Waals surface area contributed by atoms with Gasteiger partial charge in [0.15, 0.2) is 5.92 Å². The van der Waals surface area contributed by atoms with Crippen LogP contribution in [0.25, 0.3) is 0 Å². The van der Waals surface area contributed by atoms with E-state index in [0.29, 0.717) is 17.0 Å². The number of carboxylic acids is 1. The number of esters is 1. The largest absolute Gasteiger partial charge is 0.480 e. The minimum atomic E-state index is -1.24. The molecule has 0 amide bonds. The van der Waals surface area contributed by atoms with Crippen molar-refractivity contribution in [2.45, 2.75) is 13.8 Å². The molecule has 1 aliphatic carbocycles. The number of hydrogen-bond acceptors (Lipinski definition) is 5. The lowest BCUT2D eigenvalue weighted by atomic mass is 9.97. The van der Waals surface area contributed by atoms with Crippen LogP contribution in [0.2, 0.25) is 0 Å². The first-order chi connectivity index (χ1) is 9.55.